The van der Waals surface area contributed by atoms with Crippen LogP contribution < -0.4 is 0 Å². The zero-order chi connectivity index (χ0) is 15.4. The highest BCUT2D eigenvalue weighted by Gasteiger charge is 2.19. The Kier molecular flexibility index (Phi) is 4.62. The van der Waals surface area contributed by atoms with Crippen molar-refractivity contribution in [2.24, 2.45) is 0 Å². The van der Waals surface area contributed by atoms with Gasteiger partial charge in [-0.1, -0.05) is 18.2 Å². The number of H-pyrrole nitrogens is 1. The molecule has 1 N–H and O–H groups in total. The fraction of sp³-hybridized carbons (Fsp3) is 0.375. The van der Waals surface area contributed by atoms with Crippen molar-refractivity contribution in [3.63, 3.8) is 0 Å². The minimum atomic E-state index is -0.174. The third-order valence-corrected chi connectivity index (χ3v) is 3.60. The normalized spacial score (nSPS) is 10.6. The molecule has 2 amide bonds. The van der Waals surface area contributed by atoms with E-state index in [-0.39, 0.29) is 18.4 Å². The summed E-state index contributed by atoms with van der Waals surface area (Å²) in [5.74, 6) is -0.210. The number of likely N-dealkylation sites (N-methyl/N-ethyl adjacent to an activating group) is 2. The summed E-state index contributed by atoms with van der Waals surface area (Å²) in [5, 5.41) is 0.990. The highest BCUT2D eigenvalue weighted by molar-refractivity contribution is 5.99. The fourth-order valence-electron chi connectivity index (χ4n) is 2.35. The smallest absolute Gasteiger partial charge is 0.270 e. The van der Waals surface area contributed by atoms with Crippen LogP contribution >= 0.6 is 0 Å². The van der Waals surface area contributed by atoms with Gasteiger partial charge in [0.2, 0.25) is 5.91 Å². The first-order valence-electron chi connectivity index (χ1n) is 7.17. The monoisotopic (exact) mass is 287 g/mol. The lowest BCUT2D eigenvalue weighted by Crippen LogP contribution is -2.41. The first-order valence-corrected chi connectivity index (χ1v) is 7.17. The summed E-state index contributed by atoms with van der Waals surface area (Å²) in [5.41, 5.74) is 1.43. The first kappa shape index (κ1) is 15.1. The van der Waals surface area contributed by atoms with Crippen molar-refractivity contribution in [1.82, 2.24) is 14.8 Å². The van der Waals surface area contributed by atoms with Crippen molar-refractivity contribution in [2.75, 3.05) is 26.7 Å². The van der Waals surface area contributed by atoms with Crippen molar-refractivity contribution in [3.05, 3.63) is 36.0 Å². The number of nitrogens with one attached hydrogen (secondary N) is 1. The number of aromatic amines is 1. The third kappa shape index (κ3) is 3.24. The second kappa shape index (κ2) is 6.43. The maximum absolute atomic E-state index is 12.4. The molecule has 1 aromatic heterocycles. The molecule has 0 bridgehead atoms. The van der Waals surface area contributed by atoms with Crippen LogP contribution in [0, 0.1) is 0 Å². The molecule has 2 rings (SSSR count). The van der Waals surface area contributed by atoms with Gasteiger partial charge in [-0.05, 0) is 26.0 Å². The van der Waals surface area contributed by atoms with E-state index in [4.69, 9.17) is 0 Å². The lowest BCUT2D eigenvalue weighted by atomic mass is 10.2. The number of benzene rings is 1. The highest BCUT2D eigenvalue weighted by Crippen LogP contribution is 2.15. The van der Waals surface area contributed by atoms with Crippen LogP contribution in [0.2, 0.25) is 0 Å². The number of hydrogen-bond donors (Lipinski definition) is 1. The zero-order valence-corrected chi connectivity index (χ0v) is 12.7. The number of carbonyl (C=O) groups excluding carboxylic acids is 2. The Morgan fingerprint density at radius 3 is 2.43 bits per heavy atom. The van der Waals surface area contributed by atoms with Crippen LogP contribution in [0.25, 0.3) is 10.9 Å². The van der Waals surface area contributed by atoms with Gasteiger partial charge in [-0.2, -0.15) is 0 Å². The van der Waals surface area contributed by atoms with E-state index in [0.29, 0.717) is 18.8 Å². The van der Waals surface area contributed by atoms with Crippen LogP contribution in [0.5, 0.6) is 0 Å². The minimum Gasteiger partial charge on any atom is -0.351 e. The van der Waals surface area contributed by atoms with Gasteiger partial charge in [0.05, 0.1) is 6.54 Å². The van der Waals surface area contributed by atoms with E-state index in [9.17, 15) is 9.59 Å². The van der Waals surface area contributed by atoms with Gasteiger partial charge in [-0.15, -0.1) is 0 Å². The average molecular weight is 287 g/mol. The summed E-state index contributed by atoms with van der Waals surface area (Å²) >= 11 is 0. The van der Waals surface area contributed by atoms with Crippen molar-refractivity contribution in [3.8, 4) is 0 Å². The molecule has 21 heavy (non-hydrogen) atoms. The molecule has 0 fully saturated rings. The highest BCUT2D eigenvalue weighted by atomic mass is 16.2. The van der Waals surface area contributed by atoms with E-state index in [0.717, 1.165) is 10.9 Å². The molecule has 1 aromatic carbocycles. The molecular formula is C16H21N3O2. The van der Waals surface area contributed by atoms with Gasteiger partial charge in [0.1, 0.15) is 5.69 Å². The molecule has 0 unspecified atom stereocenters. The van der Waals surface area contributed by atoms with Gasteiger partial charge in [-0.25, -0.2) is 0 Å². The van der Waals surface area contributed by atoms with Crippen molar-refractivity contribution >= 4 is 22.7 Å². The molecule has 0 saturated heterocycles. The molecule has 112 valence electrons. The molecule has 2 aromatic rings. The van der Waals surface area contributed by atoms with Crippen LogP contribution in [0.3, 0.4) is 0 Å². The van der Waals surface area contributed by atoms with Crippen LogP contribution in [-0.4, -0.2) is 53.3 Å². The Bertz CT molecular complexity index is 611. The Balaban J connectivity index is 2.10. The summed E-state index contributed by atoms with van der Waals surface area (Å²) in [4.78, 5) is 30.7. The standard InChI is InChI=1S/C16H21N3O2/c1-4-19(5-2)15(20)11-18(3)16(21)14-10-12-8-6-7-9-13(12)17-14/h6-10,17H,4-5,11H2,1-3H3. The molecule has 0 aliphatic rings. The molecule has 0 aliphatic heterocycles. The maximum Gasteiger partial charge on any atom is 0.270 e. The lowest BCUT2D eigenvalue weighted by molar-refractivity contribution is -0.131. The van der Waals surface area contributed by atoms with Crippen molar-refractivity contribution in [1.29, 1.82) is 0 Å². The van der Waals surface area contributed by atoms with E-state index < -0.39 is 0 Å². The first-order chi connectivity index (χ1) is 10.1. The predicted octanol–water partition coefficient (Wildman–Crippen LogP) is 2.11. The number of carbonyl (C=O) groups is 2. The van der Waals surface area contributed by atoms with E-state index in [2.05, 4.69) is 4.98 Å². The van der Waals surface area contributed by atoms with Gasteiger partial charge < -0.3 is 14.8 Å². The van der Waals surface area contributed by atoms with Crippen molar-refractivity contribution < 1.29 is 9.59 Å². The largest absolute Gasteiger partial charge is 0.351 e. The molecule has 0 aliphatic carbocycles. The minimum absolute atomic E-state index is 0.0352. The van der Waals surface area contributed by atoms with E-state index in [1.165, 1.54) is 4.90 Å². The predicted molar refractivity (Wildman–Crippen MR) is 83.2 cm³/mol. The second-order valence-corrected chi connectivity index (χ2v) is 5.00. The van der Waals surface area contributed by atoms with E-state index in [1.54, 1.807) is 11.9 Å². The van der Waals surface area contributed by atoms with E-state index in [1.807, 2.05) is 44.2 Å². The molecule has 0 spiro atoms. The average Bonchev–Trinajstić information content (AvgIpc) is 2.91. The summed E-state index contributed by atoms with van der Waals surface area (Å²) in [6.45, 7) is 5.27. The van der Waals surface area contributed by atoms with Crippen LogP contribution in [0.15, 0.2) is 30.3 Å². The number of fused-ring (bicyclic) bond motifs is 1. The fourth-order valence-corrected chi connectivity index (χ4v) is 2.35. The number of aromatic nitrogens is 1. The summed E-state index contributed by atoms with van der Waals surface area (Å²) in [7, 11) is 1.65. The SMILES string of the molecule is CCN(CC)C(=O)CN(C)C(=O)c1cc2ccccc2[nH]1. The van der Waals surface area contributed by atoms with E-state index >= 15 is 0 Å². The topological polar surface area (TPSA) is 56.4 Å². The maximum atomic E-state index is 12.4. The van der Waals surface area contributed by atoms with Crippen LogP contribution in [0.4, 0.5) is 0 Å². The van der Waals surface area contributed by atoms with Crippen molar-refractivity contribution in [2.45, 2.75) is 13.8 Å². The summed E-state index contributed by atoms with van der Waals surface area (Å²) in [6, 6.07) is 9.53. The summed E-state index contributed by atoms with van der Waals surface area (Å²) in [6.07, 6.45) is 0. The zero-order valence-electron chi connectivity index (χ0n) is 12.7. The Hall–Kier alpha value is -2.30. The molecule has 0 saturated carbocycles. The molecule has 5 nitrogen and oxygen atoms in total. The van der Waals surface area contributed by atoms with Gasteiger partial charge in [-0.3, -0.25) is 9.59 Å². The number of nitrogens with zero attached hydrogens (tertiary/aromatic N) is 2. The number of para-hydroxylation sites is 1. The van der Waals surface area contributed by atoms with Gasteiger partial charge in [0, 0.05) is 31.0 Å². The molecular weight excluding hydrogens is 266 g/mol. The number of amides is 2. The molecule has 1 heterocycles. The van der Waals surface area contributed by atoms with Gasteiger partial charge in [0.25, 0.3) is 5.91 Å². The Labute approximate surface area is 124 Å². The van der Waals surface area contributed by atoms with Crippen LogP contribution in [-0.2, 0) is 4.79 Å². The van der Waals surface area contributed by atoms with Crippen LogP contribution in [0.1, 0.15) is 24.3 Å². The molecule has 0 radical (unpaired) electrons. The third-order valence-electron chi connectivity index (χ3n) is 3.60. The Morgan fingerprint density at radius 2 is 1.81 bits per heavy atom. The lowest BCUT2D eigenvalue weighted by Gasteiger charge is -2.22. The number of rotatable bonds is 5. The van der Waals surface area contributed by atoms with Gasteiger partial charge in [0.15, 0.2) is 0 Å². The Morgan fingerprint density at radius 1 is 1.14 bits per heavy atom. The second-order valence-electron chi connectivity index (χ2n) is 5.00. The summed E-state index contributed by atoms with van der Waals surface area (Å²) < 4.78 is 0. The quantitative estimate of drug-likeness (QED) is 0.915. The number of hydrogen-bond acceptors (Lipinski definition) is 2. The molecule has 0 atom stereocenters. The van der Waals surface area contributed by atoms with Gasteiger partial charge >= 0.3 is 0 Å². The molecule has 5 heteroatoms.